The summed E-state index contributed by atoms with van der Waals surface area (Å²) in [6.45, 7) is 0.893. The molecule has 0 unspecified atom stereocenters. The molecule has 0 amide bonds. The number of nitrogens with one attached hydrogen (secondary N) is 1. The topological polar surface area (TPSA) is 58.0 Å². The molecular weight excluding hydrogens is 221 g/mol. The summed E-state index contributed by atoms with van der Waals surface area (Å²) >= 11 is 0. The Kier molecular flexibility index (Phi) is 3.62. The van der Waals surface area contributed by atoms with Crippen LogP contribution in [0.1, 0.15) is 11.3 Å². The number of nitrogens with zero attached hydrogens (tertiary/aromatic N) is 2. The standard InChI is InChI=1S/C12H12FN3O/c13-11-5-1-3-9(12(11)17)7-14-8-10-4-2-6-15-16-10/h1-6,14,17H,7-8H2. The van der Waals surface area contributed by atoms with Crippen LogP contribution < -0.4 is 5.32 Å². The number of halogens is 1. The highest BCUT2D eigenvalue weighted by Crippen LogP contribution is 2.20. The Balaban J connectivity index is 1.93. The molecule has 2 aromatic rings. The third-order valence-corrected chi connectivity index (χ3v) is 2.32. The first kappa shape index (κ1) is 11.5. The zero-order valence-electron chi connectivity index (χ0n) is 9.10. The summed E-state index contributed by atoms with van der Waals surface area (Å²) in [4.78, 5) is 0. The highest BCUT2D eigenvalue weighted by atomic mass is 19.1. The lowest BCUT2D eigenvalue weighted by atomic mass is 10.2. The molecular formula is C12H12FN3O. The number of aromatic nitrogens is 2. The van der Waals surface area contributed by atoms with E-state index >= 15 is 0 Å². The molecule has 0 radical (unpaired) electrons. The van der Waals surface area contributed by atoms with Crippen molar-refractivity contribution in [1.82, 2.24) is 15.5 Å². The lowest BCUT2D eigenvalue weighted by Crippen LogP contribution is -2.14. The van der Waals surface area contributed by atoms with Gasteiger partial charge < -0.3 is 10.4 Å². The molecule has 0 aliphatic carbocycles. The summed E-state index contributed by atoms with van der Waals surface area (Å²) in [6, 6.07) is 8.09. The minimum absolute atomic E-state index is 0.306. The third-order valence-electron chi connectivity index (χ3n) is 2.32. The minimum atomic E-state index is -0.608. The molecule has 4 nitrogen and oxygen atoms in total. The Morgan fingerprint density at radius 1 is 1.18 bits per heavy atom. The molecule has 2 rings (SSSR count). The number of phenolic OH excluding ortho intramolecular Hbond substituents is 1. The molecule has 0 saturated heterocycles. The Morgan fingerprint density at radius 3 is 2.82 bits per heavy atom. The number of phenols is 1. The van der Waals surface area contributed by atoms with E-state index in [-0.39, 0.29) is 5.75 Å². The van der Waals surface area contributed by atoms with E-state index in [0.717, 1.165) is 5.69 Å². The normalized spacial score (nSPS) is 10.4. The second-order valence-corrected chi connectivity index (χ2v) is 3.57. The van der Waals surface area contributed by atoms with Gasteiger partial charge in [0, 0.05) is 24.8 Å². The van der Waals surface area contributed by atoms with E-state index in [4.69, 9.17) is 0 Å². The predicted molar refractivity (Wildman–Crippen MR) is 60.6 cm³/mol. The zero-order chi connectivity index (χ0) is 12.1. The Morgan fingerprint density at radius 2 is 2.06 bits per heavy atom. The summed E-state index contributed by atoms with van der Waals surface area (Å²) in [6.07, 6.45) is 1.60. The fourth-order valence-corrected chi connectivity index (χ4v) is 1.46. The largest absolute Gasteiger partial charge is 0.505 e. The van der Waals surface area contributed by atoms with Gasteiger partial charge >= 0.3 is 0 Å². The van der Waals surface area contributed by atoms with Gasteiger partial charge in [0.15, 0.2) is 11.6 Å². The maximum absolute atomic E-state index is 13.0. The van der Waals surface area contributed by atoms with Crippen molar-refractivity contribution in [3.05, 3.63) is 53.6 Å². The smallest absolute Gasteiger partial charge is 0.165 e. The van der Waals surface area contributed by atoms with Crippen LogP contribution in [0.2, 0.25) is 0 Å². The van der Waals surface area contributed by atoms with Gasteiger partial charge in [-0.2, -0.15) is 10.2 Å². The number of hydrogen-bond donors (Lipinski definition) is 2. The Labute approximate surface area is 98.1 Å². The van der Waals surface area contributed by atoms with E-state index in [0.29, 0.717) is 18.7 Å². The number of benzene rings is 1. The van der Waals surface area contributed by atoms with Gasteiger partial charge in [-0.15, -0.1) is 0 Å². The molecule has 0 bridgehead atoms. The van der Waals surface area contributed by atoms with Gasteiger partial charge in [0.05, 0.1) is 5.69 Å². The first-order valence-electron chi connectivity index (χ1n) is 5.21. The lowest BCUT2D eigenvalue weighted by molar-refractivity contribution is 0.423. The fraction of sp³-hybridized carbons (Fsp3) is 0.167. The van der Waals surface area contributed by atoms with Gasteiger partial charge in [0.1, 0.15) is 0 Å². The van der Waals surface area contributed by atoms with Crippen molar-refractivity contribution in [2.45, 2.75) is 13.1 Å². The highest BCUT2D eigenvalue weighted by Gasteiger charge is 2.05. The summed E-state index contributed by atoms with van der Waals surface area (Å²) in [5, 5.41) is 20.2. The predicted octanol–water partition coefficient (Wildman–Crippen LogP) is 1.61. The molecule has 1 heterocycles. The highest BCUT2D eigenvalue weighted by molar-refractivity contribution is 5.33. The molecule has 0 spiro atoms. The summed E-state index contributed by atoms with van der Waals surface area (Å²) < 4.78 is 13.0. The quantitative estimate of drug-likeness (QED) is 0.842. The molecule has 88 valence electrons. The third kappa shape index (κ3) is 2.98. The number of aromatic hydroxyl groups is 1. The first-order chi connectivity index (χ1) is 8.27. The van der Waals surface area contributed by atoms with Gasteiger partial charge in [0.2, 0.25) is 0 Å². The molecule has 2 N–H and O–H groups in total. The van der Waals surface area contributed by atoms with E-state index < -0.39 is 5.82 Å². The van der Waals surface area contributed by atoms with Crippen molar-refractivity contribution >= 4 is 0 Å². The van der Waals surface area contributed by atoms with E-state index in [1.165, 1.54) is 6.07 Å². The van der Waals surface area contributed by atoms with E-state index in [9.17, 15) is 9.50 Å². The van der Waals surface area contributed by atoms with Crippen molar-refractivity contribution in [3.8, 4) is 5.75 Å². The summed E-state index contributed by atoms with van der Waals surface area (Å²) in [5.74, 6) is -0.914. The van der Waals surface area contributed by atoms with Crippen LogP contribution in [0.15, 0.2) is 36.5 Å². The van der Waals surface area contributed by atoms with Crippen LogP contribution >= 0.6 is 0 Å². The van der Waals surface area contributed by atoms with Crippen LogP contribution in [0.25, 0.3) is 0 Å². The average molecular weight is 233 g/mol. The molecule has 5 heteroatoms. The molecule has 0 saturated carbocycles. The van der Waals surface area contributed by atoms with Crippen LogP contribution in [-0.2, 0) is 13.1 Å². The molecule has 0 aliphatic rings. The molecule has 1 aromatic heterocycles. The van der Waals surface area contributed by atoms with Gasteiger partial charge in [-0.1, -0.05) is 12.1 Å². The van der Waals surface area contributed by atoms with Gasteiger partial charge in [-0.25, -0.2) is 4.39 Å². The van der Waals surface area contributed by atoms with Crippen LogP contribution in [0.5, 0.6) is 5.75 Å². The molecule has 0 atom stereocenters. The number of rotatable bonds is 4. The average Bonchev–Trinajstić information content (AvgIpc) is 2.36. The van der Waals surface area contributed by atoms with Gasteiger partial charge in [-0.3, -0.25) is 0 Å². The van der Waals surface area contributed by atoms with E-state index in [2.05, 4.69) is 15.5 Å². The SMILES string of the molecule is Oc1c(F)cccc1CNCc1cccnn1. The van der Waals surface area contributed by atoms with Gasteiger partial charge in [-0.05, 0) is 18.2 Å². The monoisotopic (exact) mass is 233 g/mol. The maximum Gasteiger partial charge on any atom is 0.165 e. The number of para-hydroxylation sites is 1. The summed E-state index contributed by atoms with van der Waals surface area (Å²) in [7, 11) is 0. The van der Waals surface area contributed by atoms with Crippen molar-refractivity contribution < 1.29 is 9.50 Å². The van der Waals surface area contributed by atoms with Crippen molar-refractivity contribution in [3.63, 3.8) is 0 Å². The first-order valence-corrected chi connectivity index (χ1v) is 5.21. The van der Waals surface area contributed by atoms with Crippen molar-refractivity contribution in [2.24, 2.45) is 0 Å². The lowest BCUT2D eigenvalue weighted by Gasteiger charge is -2.06. The van der Waals surface area contributed by atoms with Gasteiger partial charge in [0.25, 0.3) is 0 Å². The van der Waals surface area contributed by atoms with E-state index in [1.54, 1.807) is 24.4 Å². The van der Waals surface area contributed by atoms with Crippen LogP contribution in [0.3, 0.4) is 0 Å². The van der Waals surface area contributed by atoms with Crippen LogP contribution in [-0.4, -0.2) is 15.3 Å². The van der Waals surface area contributed by atoms with Crippen LogP contribution in [0.4, 0.5) is 4.39 Å². The molecule has 17 heavy (non-hydrogen) atoms. The molecule has 0 fully saturated rings. The van der Waals surface area contributed by atoms with Crippen LogP contribution in [0, 0.1) is 5.82 Å². The van der Waals surface area contributed by atoms with Crippen molar-refractivity contribution in [1.29, 1.82) is 0 Å². The second kappa shape index (κ2) is 5.36. The Bertz CT molecular complexity index is 490. The summed E-state index contributed by atoms with van der Waals surface area (Å²) in [5.41, 5.74) is 1.32. The van der Waals surface area contributed by atoms with Crippen molar-refractivity contribution in [2.75, 3.05) is 0 Å². The van der Waals surface area contributed by atoms with E-state index in [1.807, 2.05) is 6.07 Å². The zero-order valence-corrected chi connectivity index (χ0v) is 9.10. The molecule has 1 aromatic carbocycles. The Hall–Kier alpha value is -2.01. The fourth-order valence-electron chi connectivity index (χ4n) is 1.46. The number of hydrogen-bond acceptors (Lipinski definition) is 4. The molecule has 0 aliphatic heterocycles. The maximum atomic E-state index is 13.0. The second-order valence-electron chi connectivity index (χ2n) is 3.57. The minimum Gasteiger partial charge on any atom is -0.505 e.